The zero-order valence-corrected chi connectivity index (χ0v) is 15.0. The minimum atomic E-state index is -0.353. The molecule has 7 nitrogen and oxygen atoms in total. The number of methoxy groups -OCH3 is 1. The molecule has 0 saturated heterocycles. The first-order valence-corrected chi connectivity index (χ1v) is 8.43. The van der Waals surface area contributed by atoms with Crippen LogP contribution in [0, 0.1) is 0 Å². The molecule has 138 valence electrons. The SMILES string of the molecule is CCCNC(=O)c1ccnc(C(=O)NCCOc2ccc(OC)cc2)c1. The summed E-state index contributed by atoms with van der Waals surface area (Å²) in [5.74, 6) is 0.868. The van der Waals surface area contributed by atoms with Crippen LogP contribution in [-0.2, 0) is 0 Å². The topological polar surface area (TPSA) is 89.6 Å². The number of aromatic nitrogens is 1. The maximum Gasteiger partial charge on any atom is 0.270 e. The Hall–Kier alpha value is -3.09. The number of carbonyl (C=O) groups is 2. The van der Waals surface area contributed by atoms with Crippen molar-refractivity contribution in [3.05, 3.63) is 53.9 Å². The van der Waals surface area contributed by atoms with Gasteiger partial charge in [0.15, 0.2) is 0 Å². The van der Waals surface area contributed by atoms with Crippen LogP contribution < -0.4 is 20.1 Å². The number of hydrogen-bond donors (Lipinski definition) is 2. The van der Waals surface area contributed by atoms with E-state index in [4.69, 9.17) is 9.47 Å². The molecule has 0 spiro atoms. The Labute approximate surface area is 152 Å². The molecule has 2 N–H and O–H groups in total. The molecule has 0 radical (unpaired) electrons. The number of nitrogens with one attached hydrogen (secondary N) is 2. The molecule has 2 aromatic rings. The van der Waals surface area contributed by atoms with Crippen molar-refractivity contribution in [3.63, 3.8) is 0 Å². The third-order valence-electron chi connectivity index (χ3n) is 3.51. The molecule has 1 aromatic carbocycles. The van der Waals surface area contributed by atoms with Gasteiger partial charge in [-0.3, -0.25) is 14.6 Å². The van der Waals surface area contributed by atoms with Crippen LogP contribution in [0.4, 0.5) is 0 Å². The molecule has 0 aliphatic rings. The summed E-state index contributed by atoms with van der Waals surface area (Å²) >= 11 is 0. The maximum atomic E-state index is 12.2. The van der Waals surface area contributed by atoms with Gasteiger partial charge in [-0.25, -0.2) is 0 Å². The molecule has 0 aliphatic carbocycles. The minimum absolute atomic E-state index is 0.193. The summed E-state index contributed by atoms with van der Waals surface area (Å²) in [6.07, 6.45) is 2.29. The highest BCUT2D eigenvalue weighted by molar-refractivity contribution is 5.98. The predicted octanol–water partition coefficient (Wildman–Crippen LogP) is 2.04. The van der Waals surface area contributed by atoms with Gasteiger partial charge in [-0.15, -0.1) is 0 Å². The Morgan fingerprint density at radius 1 is 1.00 bits per heavy atom. The van der Waals surface area contributed by atoms with Crippen molar-refractivity contribution in [2.45, 2.75) is 13.3 Å². The molecular weight excluding hydrogens is 334 g/mol. The van der Waals surface area contributed by atoms with Gasteiger partial charge in [0.25, 0.3) is 11.8 Å². The zero-order chi connectivity index (χ0) is 18.8. The molecule has 2 rings (SSSR count). The summed E-state index contributed by atoms with van der Waals surface area (Å²) in [7, 11) is 1.60. The van der Waals surface area contributed by atoms with E-state index in [1.165, 1.54) is 12.3 Å². The maximum absolute atomic E-state index is 12.2. The van der Waals surface area contributed by atoms with Crippen LogP contribution in [0.15, 0.2) is 42.6 Å². The molecule has 1 aromatic heterocycles. The van der Waals surface area contributed by atoms with E-state index in [2.05, 4.69) is 15.6 Å². The van der Waals surface area contributed by atoms with Crippen molar-refractivity contribution < 1.29 is 19.1 Å². The minimum Gasteiger partial charge on any atom is -0.497 e. The van der Waals surface area contributed by atoms with E-state index in [0.717, 1.165) is 12.2 Å². The van der Waals surface area contributed by atoms with E-state index in [1.54, 1.807) is 37.4 Å². The van der Waals surface area contributed by atoms with Gasteiger partial charge in [0.05, 0.1) is 13.7 Å². The molecule has 0 unspecified atom stereocenters. The van der Waals surface area contributed by atoms with Crippen LogP contribution in [0.25, 0.3) is 0 Å². The smallest absolute Gasteiger partial charge is 0.270 e. The molecule has 0 fully saturated rings. The summed E-state index contributed by atoms with van der Waals surface area (Å²) < 4.78 is 10.6. The molecule has 0 saturated carbocycles. The van der Waals surface area contributed by atoms with Crippen LogP contribution in [0.1, 0.15) is 34.2 Å². The third kappa shape index (κ3) is 5.77. The van der Waals surface area contributed by atoms with Crippen LogP contribution >= 0.6 is 0 Å². The van der Waals surface area contributed by atoms with Gasteiger partial charge in [0.2, 0.25) is 0 Å². The summed E-state index contributed by atoms with van der Waals surface area (Å²) in [6, 6.07) is 10.2. The summed E-state index contributed by atoms with van der Waals surface area (Å²) in [6.45, 7) is 3.19. The molecule has 2 amide bonds. The number of benzene rings is 1. The molecule has 1 heterocycles. The number of nitrogens with zero attached hydrogens (tertiary/aromatic N) is 1. The standard InChI is InChI=1S/C19H23N3O4/c1-3-9-21-18(23)14-8-10-20-17(13-14)19(24)22-11-12-26-16-6-4-15(25-2)5-7-16/h4-8,10,13H,3,9,11-12H2,1-2H3,(H,21,23)(H,22,24). The molecular formula is C19H23N3O4. The lowest BCUT2D eigenvalue weighted by Crippen LogP contribution is -2.29. The fraction of sp³-hybridized carbons (Fsp3) is 0.316. The van der Waals surface area contributed by atoms with E-state index in [0.29, 0.717) is 31.0 Å². The van der Waals surface area contributed by atoms with Crippen LogP contribution in [0.5, 0.6) is 11.5 Å². The average Bonchev–Trinajstić information content (AvgIpc) is 2.69. The first-order valence-electron chi connectivity index (χ1n) is 8.43. The summed E-state index contributed by atoms with van der Waals surface area (Å²) in [4.78, 5) is 28.1. The quantitative estimate of drug-likeness (QED) is 0.671. The van der Waals surface area contributed by atoms with E-state index < -0.39 is 0 Å². The number of pyridine rings is 1. The normalized spacial score (nSPS) is 10.1. The Morgan fingerprint density at radius 3 is 2.38 bits per heavy atom. The van der Waals surface area contributed by atoms with E-state index >= 15 is 0 Å². The van der Waals surface area contributed by atoms with Gasteiger partial charge < -0.3 is 20.1 Å². The second-order valence-electron chi connectivity index (χ2n) is 5.47. The van der Waals surface area contributed by atoms with Crippen molar-refractivity contribution in [3.8, 4) is 11.5 Å². The predicted molar refractivity (Wildman–Crippen MR) is 97.7 cm³/mol. The number of ether oxygens (including phenoxy) is 2. The number of rotatable bonds is 9. The lowest BCUT2D eigenvalue weighted by Gasteiger charge is -2.09. The summed E-state index contributed by atoms with van der Waals surface area (Å²) in [5, 5.41) is 5.48. The zero-order valence-electron chi connectivity index (χ0n) is 15.0. The Balaban J connectivity index is 1.80. The van der Waals surface area contributed by atoms with E-state index in [9.17, 15) is 9.59 Å². The number of hydrogen-bond acceptors (Lipinski definition) is 5. The van der Waals surface area contributed by atoms with Crippen molar-refractivity contribution in [2.75, 3.05) is 26.8 Å². The van der Waals surface area contributed by atoms with E-state index in [-0.39, 0.29) is 17.5 Å². The van der Waals surface area contributed by atoms with Gasteiger partial charge in [0, 0.05) is 18.3 Å². The molecule has 26 heavy (non-hydrogen) atoms. The van der Waals surface area contributed by atoms with Gasteiger partial charge in [-0.05, 0) is 42.8 Å². The second-order valence-corrected chi connectivity index (χ2v) is 5.47. The largest absolute Gasteiger partial charge is 0.497 e. The Kier molecular flexibility index (Phi) is 7.42. The van der Waals surface area contributed by atoms with Crippen molar-refractivity contribution in [1.29, 1.82) is 0 Å². The average molecular weight is 357 g/mol. The first kappa shape index (κ1) is 19.2. The Bertz CT molecular complexity index is 732. The second kappa shape index (κ2) is 10.0. The highest BCUT2D eigenvalue weighted by Gasteiger charge is 2.11. The lowest BCUT2D eigenvalue weighted by molar-refractivity contribution is 0.0942. The monoisotopic (exact) mass is 357 g/mol. The van der Waals surface area contributed by atoms with Crippen molar-refractivity contribution in [1.82, 2.24) is 15.6 Å². The third-order valence-corrected chi connectivity index (χ3v) is 3.51. The number of carbonyl (C=O) groups excluding carboxylic acids is 2. The summed E-state index contributed by atoms with van der Waals surface area (Å²) in [5.41, 5.74) is 0.603. The molecule has 0 aliphatic heterocycles. The van der Waals surface area contributed by atoms with Crippen LogP contribution in [-0.4, -0.2) is 43.6 Å². The van der Waals surface area contributed by atoms with Crippen molar-refractivity contribution >= 4 is 11.8 Å². The van der Waals surface area contributed by atoms with Crippen LogP contribution in [0.3, 0.4) is 0 Å². The molecule has 7 heteroatoms. The fourth-order valence-corrected chi connectivity index (χ4v) is 2.13. The highest BCUT2D eigenvalue weighted by Crippen LogP contribution is 2.16. The lowest BCUT2D eigenvalue weighted by atomic mass is 10.2. The van der Waals surface area contributed by atoms with Gasteiger partial charge in [-0.2, -0.15) is 0 Å². The first-order chi connectivity index (χ1) is 12.6. The van der Waals surface area contributed by atoms with Crippen LogP contribution in [0.2, 0.25) is 0 Å². The van der Waals surface area contributed by atoms with Gasteiger partial charge >= 0.3 is 0 Å². The van der Waals surface area contributed by atoms with Gasteiger partial charge in [0.1, 0.15) is 23.8 Å². The fourth-order valence-electron chi connectivity index (χ4n) is 2.13. The molecule has 0 atom stereocenters. The Morgan fingerprint density at radius 2 is 1.69 bits per heavy atom. The molecule has 0 bridgehead atoms. The van der Waals surface area contributed by atoms with Crippen molar-refractivity contribution in [2.24, 2.45) is 0 Å². The highest BCUT2D eigenvalue weighted by atomic mass is 16.5. The van der Waals surface area contributed by atoms with E-state index in [1.807, 2.05) is 6.92 Å². The van der Waals surface area contributed by atoms with Gasteiger partial charge in [-0.1, -0.05) is 6.92 Å². The number of amides is 2.